The molecule has 0 aliphatic carbocycles. The number of fused-ring (bicyclic) bond motifs is 16. The molecular formula is C104H92BN5O. The number of rotatable bonds is 7. The van der Waals surface area contributed by atoms with Gasteiger partial charge in [-0.25, -0.2) is 0 Å². The van der Waals surface area contributed by atoms with E-state index in [0.717, 1.165) is 106 Å². The van der Waals surface area contributed by atoms with E-state index in [-0.39, 0.29) is 33.8 Å². The number of nitrogens with zero attached hydrogens (tertiary/aromatic N) is 5. The minimum absolute atomic E-state index is 0.0659. The first-order valence-corrected chi connectivity index (χ1v) is 39.7. The monoisotopic (exact) mass is 1440 g/mol. The molecule has 14 aromatic carbocycles. The molecule has 7 heteroatoms. The Kier molecular flexibility index (Phi) is 14.9. The van der Waals surface area contributed by atoms with Crippen LogP contribution in [0.3, 0.4) is 0 Å². The molecule has 18 aromatic rings. The maximum absolute atomic E-state index is 7.12. The molecule has 0 spiro atoms. The zero-order valence-electron chi connectivity index (χ0n) is 66.4. The Bertz CT molecular complexity index is 6760. The van der Waals surface area contributed by atoms with Gasteiger partial charge in [0.25, 0.3) is 6.71 Å². The first-order chi connectivity index (χ1) is 53.2. The van der Waals surface area contributed by atoms with Crippen LogP contribution in [0.4, 0.5) is 34.1 Å². The van der Waals surface area contributed by atoms with Crippen LogP contribution >= 0.6 is 0 Å². The summed E-state index contributed by atoms with van der Waals surface area (Å²) in [4.78, 5) is 5.42. The second-order valence-corrected chi connectivity index (χ2v) is 36.6. The largest absolute Gasteiger partial charge is 0.456 e. The fraction of sp³-hybridized carbons (Fsp3) is 0.192. The molecule has 6 heterocycles. The first kappa shape index (κ1) is 68.2. The van der Waals surface area contributed by atoms with E-state index in [4.69, 9.17) is 4.42 Å². The zero-order chi connectivity index (χ0) is 76.3. The Balaban J connectivity index is 0.964. The van der Waals surface area contributed by atoms with Gasteiger partial charge in [-0.2, -0.15) is 0 Å². The number of aromatic nitrogens is 3. The lowest BCUT2D eigenvalue weighted by molar-refractivity contribution is 0.590. The van der Waals surface area contributed by atoms with Gasteiger partial charge in [-0.1, -0.05) is 256 Å². The Morgan fingerprint density at radius 3 is 1.18 bits per heavy atom. The predicted molar refractivity (Wildman–Crippen MR) is 475 cm³/mol. The third kappa shape index (κ3) is 10.7. The summed E-state index contributed by atoms with van der Waals surface area (Å²) in [6, 6.07) is 109. The topological polar surface area (TPSA) is 34.4 Å². The van der Waals surface area contributed by atoms with Crippen molar-refractivity contribution in [2.45, 2.75) is 131 Å². The second-order valence-electron chi connectivity index (χ2n) is 36.6. The van der Waals surface area contributed by atoms with Crippen LogP contribution in [-0.2, 0) is 27.1 Å². The van der Waals surface area contributed by atoms with Crippen LogP contribution in [0, 0.1) is 0 Å². The van der Waals surface area contributed by atoms with E-state index >= 15 is 0 Å². The summed E-state index contributed by atoms with van der Waals surface area (Å²) in [7, 11) is 0. The summed E-state index contributed by atoms with van der Waals surface area (Å²) in [5.74, 6) is 0. The molecule has 0 amide bonds. The summed E-state index contributed by atoms with van der Waals surface area (Å²) in [6.45, 7) is 34.9. The van der Waals surface area contributed by atoms with Gasteiger partial charge in [-0.15, -0.1) is 0 Å². The van der Waals surface area contributed by atoms with Crippen LogP contribution in [0.2, 0.25) is 0 Å². The van der Waals surface area contributed by atoms with Gasteiger partial charge in [0.1, 0.15) is 11.2 Å². The smallest absolute Gasteiger partial charge is 0.252 e. The highest BCUT2D eigenvalue weighted by Gasteiger charge is 2.46. The van der Waals surface area contributed by atoms with Crippen LogP contribution in [0.1, 0.15) is 132 Å². The lowest BCUT2D eigenvalue weighted by atomic mass is 9.33. The summed E-state index contributed by atoms with van der Waals surface area (Å²) in [5, 5.41) is 9.51. The molecule has 0 atom stereocenters. The number of furan rings is 1. The van der Waals surface area contributed by atoms with E-state index in [1.165, 1.54) is 98.6 Å². The van der Waals surface area contributed by atoms with Crippen molar-refractivity contribution in [3.05, 3.63) is 313 Å². The van der Waals surface area contributed by atoms with Crippen molar-refractivity contribution in [2.24, 2.45) is 0 Å². The van der Waals surface area contributed by atoms with Gasteiger partial charge in [0.05, 0.1) is 49.9 Å². The van der Waals surface area contributed by atoms with Gasteiger partial charge in [0, 0.05) is 83.1 Å². The lowest BCUT2D eigenvalue weighted by Gasteiger charge is -2.46. The fourth-order valence-corrected chi connectivity index (χ4v) is 18.4. The molecule has 2 aliphatic heterocycles. The summed E-state index contributed by atoms with van der Waals surface area (Å²) < 4.78 is 14.7. The first-order valence-electron chi connectivity index (χ1n) is 39.7. The van der Waals surface area contributed by atoms with Crippen LogP contribution in [0.25, 0.3) is 127 Å². The number of para-hydroxylation sites is 3. The Hall–Kier alpha value is -12.1. The minimum atomic E-state index is -0.356. The van der Waals surface area contributed by atoms with Gasteiger partial charge in [-0.3, -0.25) is 0 Å². The molecule has 0 N–H and O–H groups in total. The van der Waals surface area contributed by atoms with Crippen molar-refractivity contribution in [3.63, 3.8) is 0 Å². The van der Waals surface area contributed by atoms with E-state index in [9.17, 15) is 0 Å². The van der Waals surface area contributed by atoms with Crippen LogP contribution in [-0.4, -0.2) is 20.4 Å². The van der Waals surface area contributed by atoms with Gasteiger partial charge in [0.2, 0.25) is 0 Å². The highest BCUT2D eigenvalue weighted by molar-refractivity contribution is 7.00. The zero-order valence-corrected chi connectivity index (χ0v) is 66.4. The highest BCUT2D eigenvalue weighted by Crippen LogP contribution is 2.55. The van der Waals surface area contributed by atoms with E-state index in [1.807, 2.05) is 0 Å². The minimum Gasteiger partial charge on any atom is -0.456 e. The Labute approximate surface area is 651 Å². The Morgan fingerprint density at radius 1 is 0.252 bits per heavy atom. The summed E-state index contributed by atoms with van der Waals surface area (Å²) in [5.41, 5.74) is 32.7. The van der Waals surface area contributed by atoms with Crippen LogP contribution < -0.4 is 26.2 Å². The third-order valence-corrected chi connectivity index (χ3v) is 24.4. The van der Waals surface area contributed by atoms with Gasteiger partial charge >= 0.3 is 0 Å². The molecule has 4 aromatic heterocycles. The lowest BCUT2D eigenvalue weighted by Crippen LogP contribution is -2.61. The van der Waals surface area contributed by atoms with Gasteiger partial charge in [-0.05, 0) is 221 Å². The summed E-state index contributed by atoms with van der Waals surface area (Å²) in [6.07, 6.45) is 0. The Morgan fingerprint density at radius 2 is 0.676 bits per heavy atom. The standard InChI is InChI=1S/C104H92BN5O/c1-100(2,3)66-39-48-84-77(55-66)78-56-67(101(4,5)6)40-49-85(78)107(84)72-43-46-81-88(61-72)109(91-54-65(63-29-19-16-20-30-63)53-90-96(91)75-35-25-27-37-83(75)106(90)71-33-23-18-24-34-71)92-59-70(104(13,14)15)60-93-98(92)105(81)82-47-44-73(108-86-50-41-68(102(7,8)9)57-79(86)80-58-69(103(10,11)12)42-51-87(80)108)62-89(82)110(93)99-74(64-31-21-17-22-32-64)45-52-95-97(99)76-36-26-28-38-94(76)111-95/h16-62H,1-15H3. The normalized spacial score (nSPS) is 13.5. The molecule has 111 heavy (non-hydrogen) atoms. The average molecular weight is 1440 g/mol. The molecule has 20 rings (SSSR count). The predicted octanol–water partition coefficient (Wildman–Crippen LogP) is 26.8. The number of anilines is 6. The van der Waals surface area contributed by atoms with E-state index in [1.54, 1.807) is 0 Å². The van der Waals surface area contributed by atoms with Crippen molar-refractivity contribution in [1.82, 2.24) is 13.7 Å². The molecule has 0 saturated heterocycles. The molecule has 0 unspecified atom stereocenters. The van der Waals surface area contributed by atoms with Crippen molar-refractivity contribution in [1.29, 1.82) is 0 Å². The molecule has 0 saturated carbocycles. The molecule has 6 nitrogen and oxygen atoms in total. The van der Waals surface area contributed by atoms with Gasteiger partial charge in [0.15, 0.2) is 0 Å². The van der Waals surface area contributed by atoms with Crippen LogP contribution in [0.5, 0.6) is 0 Å². The van der Waals surface area contributed by atoms with E-state index in [0.29, 0.717) is 0 Å². The number of hydrogen-bond donors (Lipinski definition) is 0. The fourth-order valence-electron chi connectivity index (χ4n) is 18.4. The number of hydrogen-bond acceptors (Lipinski definition) is 3. The van der Waals surface area contributed by atoms with Crippen LogP contribution in [0.15, 0.2) is 290 Å². The molecule has 0 radical (unpaired) electrons. The summed E-state index contributed by atoms with van der Waals surface area (Å²) >= 11 is 0. The van der Waals surface area contributed by atoms with E-state index < -0.39 is 0 Å². The second kappa shape index (κ2) is 24.2. The van der Waals surface area contributed by atoms with Crippen molar-refractivity contribution < 1.29 is 4.42 Å². The third-order valence-electron chi connectivity index (χ3n) is 24.4. The van der Waals surface area contributed by atoms with Crippen molar-refractivity contribution >= 4 is 145 Å². The SMILES string of the molecule is CC(C)(C)c1cc2c3c(c1)N(c1cc(-c4ccccc4)cc4c1c1ccccc1n4-c1ccccc1)c1cc(-n4c5ccc(C(C)(C)C)cc5c5cc(C(C)(C)C)ccc54)ccc1B3c1ccc(-n3c4ccc(C(C)(C)C)cc4c4cc(C(C)(C)C)ccc43)cc1N2c1c(-c2ccccc2)ccc2oc3ccccc3c12. The average Bonchev–Trinajstić information content (AvgIpc) is 1.67. The highest BCUT2D eigenvalue weighted by atomic mass is 16.3. The quantitative estimate of drug-likeness (QED) is 0.149. The van der Waals surface area contributed by atoms with Gasteiger partial charge < -0.3 is 27.9 Å². The molecule has 0 bridgehead atoms. The van der Waals surface area contributed by atoms with Crippen molar-refractivity contribution in [2.75, 3.05) is 9.80 Å². The molecule has 0 fully saturated rings. The van der Waals surface area contributed by atoms with E-state index in [2.05, 4.69) is 412 Å². The van der Waals surface area contributed by atoms with Crippen molar-refractivity contribution in [3.8, 4) is 39.3 Å². The molecule has 2 aliphatic rings. The maximum atomic E-state index is 7.12. The maximum Gasteiger partial charge on any atom is 0.252 e. The molecule has 542 valence electrons. The number of benzene rings is 14. The molecular weight excluding hydrogens is 1350 g/mol.